The average molecular weight is 416 g/mol. The largest absolute Gasteiger partial charge is 0.496 e. The Hall–Kier alpha value is -3.13. The quantitative estimate of drug-likeness (QED) is 0.755. The number of nitrogens with zero attached hydrogens (tertiary/aromatic N) is 1. The minimum absolute atomic E-state index is 0.0416. The summed E-state index contributed by atoms with van der Waals surface area (Å²) < 4.78 is 23.7. The average Bonchev–Trinajstić information content (AvgIpc) is 2.75. The molecule has 0 atom stereocenters. The van der Waals surface area contributed by atoms with Crippen LogP contribution in [-0.2, 0) is 11.3 Å². The van der Waals surface area contributed by atoms with Crippen LogP contribution in [0.3, 0.4) is 0 Å². The fourth-order valence-corrected chi connectivity index (χ4v) is 3.52. The number of amides is 2. The first kappa shape index (κ1) is 21.6. The number of hydrogen-bond donors (Lipinski definition) is 2. The van der Waals surface area contributed by atoms with E-state index < -0.39 is 6.09 Å². The van der Waals surface area contributed by atoms with Crippen LogP contribution in [0.1, 0.15) is 22.8 Å². The number of carbonyl (C=O) groups excluding carboxylic acids is 2. The van der Waals surface area contributed by atoms with E-state index in [1.165, 1.54) is 17.0 Å². The van der Waals surface area contributed by atoms with Crippen molar-refractivity contribution in [2.45, 2.75) is 13.5 Å². The molecule has 0 unspecified atom stereocenters. The normalized spacial score (nSPS) is 14.3. The molecule has 7 nitrogen and oxygen atoms in total. The molecule has 1 saturated heterocycles. The molecule has 160 valence electrons. The minimum atomic E-state index is -0.523. The lowest BCUT2D eigenvalue weighted by molar-refractivity contribution is -0.917. The predicted octanol–water partition coefficient (Wildman–Crippen LogP) is 1.94. The van der Waals surface area contributed by atoms with Crippen LogP contribution in [0, 0.1) is 5.82 Å². The van der Waals surface area contributed by atoms with Crippen molar-refractivity contribution in [2.24, 2.45) is 0 Å². The number of ether oxygens (including phenoxy) is 2. The summed E-state index contributed by atoms with van der Waals surface area (Å²) in [7, 11) is 1.58. The van der Waals surface area contributed by atoms with Crippen LogP contribution >= 0.6 is 0 Å². The second-order valence-electron chi connectivity index (χ2n) is 7.10. The number of quaternary nitrogens is 1. The molecule has 0 bridgehead atoms. The zero-order valence-corrected chi connectivity index (χ0v) is 17.2. The topological polar surface area (TPSA) is 72.3 Å². The van der Waals surface area contributed by atoms with Gasteiger partial charge in [-0.2, -0.15) is 0 Å². The lowest BCUT2D eigenvalue weighted by Gasteiger charge is -2.32. The summed E-state index contributed by atoms with van der Waals surface area (Å²) in [5, 5.41) is 2.60. The Kier molecular flexibility index (Phi) is 7.24. The van der Waals surface area contributed by atoms with Crippen molar-refractivity contribution in [1.82, 2.24) is 4.90 Å². The van der Waals surface area contributed by atoms with Gasteiger partial charge in [-0.3, -0.25) is 10.1 Å². The van der Waals surface area contributed by atoms with Crippen LogP contribution in [-0.4, -0.2) is 56.8 Å². The summed E-state index contributed by atoms with van der Waals surface area (Å²) in [5.41, 5.74) is 1.97. The van der Waals surface area contributed by atoms with Crippen molar-refractivity contribution in [3.63, 3.8) is 0 Å². The van der Waals surface area contributed by atoms with Gasteiger partial charge in [0.25, 0.3) is 5.91 Å². The first-order valence-corrected chi connectivity index (χ1v) is 9.99. The van der Waals surface area contributed by atoms with Gasteiger partial charge in [-0.05, 0) is 49.4 Å². The zero-order valence-electron chi connectivity index (χ0n) is 17.2. The van der Waals surface area contributed by atoms with Gasteiger partial charge in [-0.1, -0.05) is 0 Å². The molecule has 8 heteroatoms. The van der Waals surface area contributed by atoms with E-state index in [9.17, 15) is 14.0 Å². The Morgan fingerprint density at radius 2 is 1.83 bits per heavy atom. The van der Waals surface area contributed by atoms with Gasteiger partial charge >= 0.3 is 6.09 Å². The van der Waals surface area contributed by atoms with Crippen molar-refractivity contribution in [3.05, 3.63) is 59.4 Å². The smallest absolute Gasteiger partial charge is 0.411 e. The summed E-state index contributed by atoms with van der Waals surface area (Å²) in [6.07, 6.45) is -0.523. The molecular formula is C22H27FN3O4+. The second-order valence-corrected chi connectivity index (χ2v) is 7.10. The predicted molar refractivity (Wildman–Crippen MR) is 110 cm³/mol. The maximum Gasteiger partial charge on any atom is 0.411 e. The van der Waals surface area contributed by atoms with Gasteiger partial charge in [0, 0.05) is 11.3 Å². The van der Waals surface area contributed by atoms with Crippen molar-refractivity contribution < 1.29 is 28.4 Å². The minimum Gasteiger partial charge on any atom is -0.496 e. The van der Waals surface area contributed by atoms with Gasteiger partial charge in [-0.25, -0.2) is 9.18 Å². The third-order valence-corrected chi connectivity index (χ3v) is 5.09. The molecule has 0 radical (unpaired) electrons. The van der Waals surface area contributed by atoms with Crippen molar-refractivity contribution in [1.29, 1.82) is 0 Å². The van der Waals surface area contributed by atoms with Gasteiger partial charge < -0.3 is 19.3 Å². The molecule has 30 heavy (non-hydrogen) atoms. The summed E-state index contributed by atoms with van der Waals surface area (Å²) in [6, 6.07) is 11.3. The maximum atomic E-state index is 13.6. The molecule has 3 rings (SSSR count). The van der Waals surface area contributed by atoms with Crippen molar-refractivity contribution >= 4 is 17.7 Å². The molecule has 1 aliphatic heterocycles. The third kappa shape index (κ3) is 5.48. The van der Waals surface area contributed by atoms with E-state index in [-0.39, 0.29) is 11.7 Å². The van der Waals surface area contributed by atoms with Crippen LogP contribution in [0.15, 0.2) is 42.5 Å². The molecule has 0 spiro atoms. The van der Waals surface area contributed by atoms with Gasteiger partial charge in [0.1, 0.15) is 18.1 Å². The molecule has 0 aromatic heterocycles. The molecule has 1 heterocycles. The van der Waals surface area contributed by atoms with Crippen molar-refractivity contribution in [3.8, 4) is 5.75 Å². The molecule has 0 saturated carbocycles. The standard InChI is InChI=1S/C22H26FN3O4/c1-3-30-22(28)24-19-7-4-16(5-8-19)21(27)26-12-10-25(11-13-26)15-17-14-18(23)6-9-20(17)29-2/h4-9,14H,3,10-13,15H2,1-2H3,(H,24,28)/p+1. The number of piperazine rings is 1. The number of benzene rings is 2. The highest BCUT2D eigenvalue weighted by molar-refractivity contribution is 5.95. The second kappa shape index (κ2) is 10.1. The van der Waals surface area contributed by atoms with Crippen LogP contribution in [0.5, 0.6) is 5.75 Å². The van der Waals surface area contributed by atoms with E-state index in [1.807, 2.05) is 4.90 Å². The Morgan fingerprint density at radius 3 is 2.47 bits per heavy atom. The first-order valence-electron chi connectivity index (χ1n) is 9.99. The molecule has 2 N–H and O–H groups in total. The Balaban J connectivity index is 1.54. The van der Waals surface area contributed by atoms with E-state index in [2.05, 4.69) is 5.32 Å². The summed E-state index contributed by atoms with van der Waals surface area (Å²) >= 11 is 0. The van der Waals surface area contributed by atoms with Crippen LogP contribution in [0.4, 0.5) is 14.9 Å². The van der Waals surface area contributed by atoms with Crippen LogP contribution in [0.2, 0.25) is 0 Å². The highest BCUT2D eigenvalue weighted by atomic mass is 19.1. The van der Waals surface area contributed by atoms with Gasteiger partial charge in [0.2, 0.25) is 0 Å². The van der Waals surface area contributed by atoms with Gasteiger partial charge in [0.15, 0.2) is 0 Å². The maximum absolute atomic E-state index is 13.6. The number of carbonyl (C=O) groups is 2. The van der Waals surface area contributed by atoms with E-state index in [0.29, 0.717) is 43.2 Å². The summed E-state index contributed by atoms with van der Waals surface area (Å²) in [4.78, 5) is 27.3. The number of hydrogen-bond acceptors (Lipinski definition) is 4. The Morgan fingerprint density at radius 1 is 1.13 bits per heavy atom. The molecule has 2 aromatic rings. The van der Waals surface area contributed by atoms with E-state index in [1.54, 1.807) is 44.4 Å². The molecule has 0 aliphatic carbocycles. The van der Waals surface area contributed by atoms with E-state index >= 15 is 0 Å². The number of nitrogens with one attached hydrogen (secondary N) is 2. The van der Waals surface area contributed by atoms with Crippen LogP contribution < -0.4 is 15.0 Å². The molecule has 2 amide bonds. The number of rotatable bonds is 6. The molecule has 1 fully saturated rings. The third-order valence-electron chi connectivity index (χ3n) is 5.09. The lowest BCUT2D eigenvalue weighted by atomic mass is 10.1. The number of anilines is 1. The fourth-order valence-electron chi connectivity index (χ4n) is 3.52. The Bertz CT molecular complexity index is 880. The monoisotopic (exact) mass is 416 g/mol. The SMILES string of the molecule is CCOC(=O)Nc1ccc(C(=O)N2CC[NH+](Cc3cc(F)ccc3OC)CC2)cc1. The van der Waals surface area contributed by atoms with E-state index in [4.69, 9.17) is 9.47 Å². The van der Waals surface area contributed by atoms with E-state index in [0.717, 1.165) is 18.7 Å². The lowest BCUT2D eigenvalue weighted by Crippen LogP contribution is -3.13. The molecular weight excluding hydrogens is 389 g/mol. The highest BCUT2D eigenvalue weighted by Gasteiger charge is 2.25. The molecule has 2 aromatic carbocycles. The zero-order chi connectivity index (χ0) is 21.5. The van der Waals surface area contributed by atoms with Gasteiger partial charge in [0.05, 0.1) is 45.5 Å². The Labute approximate surface area is 175 Å². The summed E-state index contributed by atoms with van der Waals surface area (Å²) in [5.74, 6) is 0.360. The van der Waals surface area contributed by atoms with Crippen molar-refractivity contribution in [2.75, 3.05) is 45.2 Å². The van der Waals surface area contributed by atoms with Gasteiger partial charge in [-0.15, -0.1) is 0 Å². The fraction of sp³-hybridized carbons (Fsp3) is 0.364. The first-order chi connectivity index (χ1) is 14.5. The molecule has 1 aliphatic rings. The highest BCUT2D eigenvalue weighted by Crippen LogP contribution is 2.18. The summed E-state index contributed by atoms with van der Waals surface area (Å²) in [6.45, 7) is 5.46. The van der Waals surface area contributed by atoms with Crippen LogP contribution in [0.25, 0.3) is 0 Å². The number of methoxy groups -OCH3 is 1. The number of halogens is 1.